The average Bonchev–Trinajstić information content (AvgIpc) is 3.16. The maximum Gasteiger partial charge on any atom is 0.244 e. The van der Waals surface area contributed by atoms with Crippen LogP contribution in [0.2, 0.25) is 10.0 Å². The summed E-state index contributed by atoms with van der Waals surface area (Å²) in [4.78, 5) is 15.1. The van der Waals surface area contributed by atoms with Crippen LogP contribution in [-0.2, 0) is 21.4 Å². The minimum atomic E-state index is -3.72. The Morgan fingerprint density at radius 1 is 1.11 bits per heavy atom. The lowest BCUT2D eigenvalue weighted by molar-refractivity contribution is -0.122. The number of sulfonamides is 1. The largest absolute Gasteiger partial charge is 0.350 e. The number of halogens is 2. The molecule has 146 valence electrons. The Bertz CT molecular complexity index is 896. The highest BCUT2D eigenvalue weighted by Crippen LogP contribution is 2.31. The quantitative estimate of drug-likeness (QED) is 0.738. The van der Waals surface area contributed by atoms with Crippen molar-refractivity contribution in [2.75, 3.05) is 32.7 Å². The Balaban J connectivity index is 1.53. The lowest BCUT2D eigenvalue weighted by Gasteiger charge is -2.33. The van der Waals surface area contributed by atoms with Crippen LogP contribution in [0.3, 0.4) is 0 Å². The fraction of sp³-hybridized carbons (Fsp3) is 0.353. The number of piperazine rings is 1. The minimum Gasteiger partial charge on any atom is -0.350 e. The van der Waals surface area contributed by atoms with E-state index >= 15 is 0 Å². The van der Waals surface area contributed by atoms with E-state index in [1.54, 1.807) is 23.5 Å². The van der Waals surface area contributed by atoms with Crippen LogP contribution in [0.4, 0.5) is 0 Å². The third-order valence-electron chi connectivity index (χ3n) is 4.27. The molecule has 1 aliphatic heterocycles. The first-order valence-corrected chi connectivity index (χ1v) is 11.4. The van der Waals surface area contributed by atoms with Gasteiger partial charge in [0.25, 0.3) is 0 Å². The summed E-state index contributed by atoms with van der Waals surface area (Å²) in [6.07, 6.45) is 0. The van der Waals surface area contributed by atoms with Crippen molar-refractivity contribution in [1.82, 2.24) is 14.5 Å². The molecule has 0 radical (unpaired) electrons. The van der Waals surface area contributed by atoms with Crippen molar-refractivity contribution in [3.8, 4) is 0 Å². The SMILES string of the molecule is O=C(CN1CCN(S(=O)(=O)c2cccc(Cl)c2Cl)CC1)NCc1cccs1. The van der Waals surface area contributed by atoms with E-state index in [4.69, 9.17) is 23.2 Å². The molecule has 1 aliphatic rings. The van der Waals surface area contributed by atoms with Gasteiger partial charge in [-0.15, -0.1) is 11.3 Å². The van der Waals surface area contributed by atoms with Gasteiger partial charge < -0.3 is 5.32 Å². The maximum absolute atomic E-state index is 12.8. The van der Waals surface area contributed by atoms with Crippen molar-refractivity contribution in [1.29, 1.82) is 0 Å². The van der Waals surface area contributed by atoms with E-state index in [-0.39, 0.29) is 27.4 Å². The molecule has 1 saturated heterocycles. The van der Waals surface area contributed by atoms with Gasteiger partial charge in [0.15, 0.2) is 0 Å². The fourth-order valence-electron chi connectivity index (χ4n) is 2.81. The molecule has 2 aromatic rings. The van der Waals surface area contributed by atoms with Gasteiger partial charge in [0.05, 0.1) is 23.1 Å². The molecule has 0 aliphatic carbocycles. The fourth-order valence-corrected chi connectivity index (χ4v) is 5.61. The predicted molar refractivity (Wildman–Crippen MR) is 108 cm³/mol. The predicted octanol–water partition coefficient (Wildman–Crippen LogP) is 2.68. The van der Waals surface area contributed by atoms with Gasteiger partial charge in [-0.25, -0.2) is 8.42 Å². The second kappa shape index (κ2) is 8.89. The van der Waals surface area contributed by atoms with Crippen LogP contribution in [0.5, 0.6) is 0 Å². The molecule has 10 heteroatoms. The molecule has 0 atom stereocenters. The summed E-state index contributed by atoms with van der Waals surface area (Å²) >= 11 is 13.6. The topological polar surface area (TPSA) is 69.7 Å². The van der Waals surface area contributed by atoms with Crippen LogP contribution in [0, 0.1) is 0 Å². The molecule has 0 saturated carbocycles. The molecule has 0 unspecified atom stereocenters. The highest BCUT2D eigenvalue weighted by atomic mass is 35.5. The van der Waals surface area contributed by atoms with E-state index in [1.807, 2.05) is 22.4 Å². The van der Waals surface area contributed by atoms with Crippen molar-refractivity contribution in [2.24, 2.45) is 0 Å². The first-order chi connectivity index (χ1) is 12.9. The summed E-state index contributed by atoms with van der Waals surface area (Å²) in [6, 6.07) is 8.48. The first-order valence-electron chi connectivity index (χ1n) is 8.33. The minimum absolute atomic E-state index is 0.0128. The van der Waals surface area contributed by atoms with E-state index in [2.05, 4.69) is 5.32 Å². The normalized spacial score (nSPS) is 16.4. The van der Waals surface area contributed by atoms with Crippen molar-refractivity contribution in [3.05, 3.63) is 50.6 Å². The Kier molecular flexibility index (Phi) is 6.78. The van der Waals surface area contributed by atoms with Gasteiger partial charge in [0.1, 0.15) is 4.90 Å². The van der Waals surface area contributed by atoms with Gasteiger partial charge in [-0.2, -0.15) is 4.31 Å². The third-order valence-corrected chi connectivity index (χ3v) is 8.02. The van der Waals surface area contributed by atoms with Crippen molar-refractivity contribution in [2.45, 2.75) is 11.4 Å². The van der Waals surface area contributed by atoms with Crippen LogP contribution < -0.4 is 5.32 Å². The zero-order valence-corrected chi connectivity index (χ0v) is 17.5. The van der Waals surface area contributed by atoms with Crippen molar-refractivity contribution in [3.63, 3.8) is 0 Å². The van der Waals surface area contributed by atoms with E-state index in [0.717, 1.165) is 4.88 Å². The molecule has 1 N–H and O–H groups in total. The number of amides is 1. The Morgan fingerprint density at radius 2 is 1.85 bits per heavy atom. The molecule has 2 heterocycles. The maximum atomic E-state index is 12.8. The van der Waals surface area contributed by atoms with Crippen LogP contribution >= 0.6 is 34.5 Å². The summed E-state index contributed by atoms with van der Waals surface area (Å²) in [7, 11) is -3.72. The Labute approximate surface area is 172 Å². The van der Waals surface area contributed by atoms with E-state index in [0.29, 0.717) is 32.7 Å². The van der Waals surface area contributed by atoms with E-state index in [1.165, 1.54) is 10.4 Å². The van der Waals surface area contributed by atoms with Gasteiger partial charge in [0.2, 0.25) is 15.9 Å². The molecule has 27 heavy (non-hydrogen) atoms. The number of rotatable bonds is 6. The van der Waals surface area contributed by atoms with Gasteiger partial charge >= 0.3 is 0 Å². The number of carbonyl (C=O) groups is 1. The molecule has 3 rings (SSSR count). The second-order valence-corrected chi connectivity index (χ2v) is 9.81. The van der Waals surface area contributed by atoms with Gasteiger partial charge in [0, 0.05) is 31.1 Å². The monoisotopic (exact) mass is 447 g/mol. The lowest BCUT2D eigenvalue weighted by Crippen LogP contribution is -2.51. The van der Waals surface area contributed by atoms with Crippen molar-refractivity contribution >= 4 is 50.5 Å². The first kappa shape index (κ1) is 20.6. The molecule has 1 aromatic heterocycles. The number of nitrogens with zero attached hydrogens (tertiary/aromatic N) is 2. The third kappa shape index (κ3) is 5.01. The van der Waals surface area contributed by atoms with E-state index < -0.39 is 10.0 Å². The molecular formula is C17H19Cl2N3O3S2. The highest BCUT2D eigenvalue weighted by molar-refractivity contribution is 7.89. The number of thiophene rings is 1. The molecule has 0 bridgehead atoms. The smallest absolute Gasteiger partial charge is 0.244 e. The van der Waals surface area contributed by atoms with Crippen LogP contribution in [0.15, 0.2) is 40.6 Å². The van der Waals surface area contributed by atoms with E-state index in [9.17, 15) is 13.2 Å². The lowest BCUT2D eigenvalue weighted by atomic mass is 10.3. The summed E-state index contributed by atoms with van der Waals surface area (Å²) in [5.74, 6) is -0.0717. The molecule has 1 aromatic carbocycles. The van der Waals surface area contributed by atoms with Crippen LogP contribution in [0.25, 0.3) is 0 Å². The molecule has 1 amide bonds. The molecule has 6 nitrogen and oxygen atoms in total. The molecular weight excluding hydrogens is 429 g/mol. The molecule has 0 spiro atoms. The Hall–Kier alpha value is -1.16. The summed E-state index contributed by atoms with van der Waals surface area (Å²) in [6.45, 7) is 2.30. The van der Waals surface area contributed by atoms with Crippen molar-refractivity contribution < 1.29 is 13.2 Å². The zero-order valence-electron chi connectivity index (χ0n) is 14.4. The summed E-state index contributed by atoms with van der Waals surface area (Å²) < 4.78 is 27.0. The Morgan fingerprint density at radius 3 is 2.52 bits per heavy atom. The van der Waals surface area contributed by atoms with Gasteiger partial charge in [-0.1, -0.05) is 35.3 Å². The number of hydrogen-bond donors (Lipinski definition) is 1. The average molecular weight is 448 g/mol. The second-order valence-electron chi connectivity index (χ2n) is 6.09. The zero-order chi connectivity index (χ0) is 19.4. The van der Waals surface area contributed by atoms with Gasteiger partial charge in [-0.3, -0.25) is 9.69 Å². The van der Waals surface area contributed by atoms with Gasteiger partial charge in [-0.05, 0) is 23.6 Å². The van der Waals surface area contributed by atoms with Crippen LogP contribution in [-0.4, -0.2) is 56.3 Å². The number of carbonyl (C=O) groups excluding carboxylic acids is 1. The summed E-state index contributed by atoms with van der Waals surface area (Å²) in [5, 5.41) is 5.09. The summed E-state index contributed by atoms with van der Waals surface area (Å²) in [5.41, 5.74) is 0. The standard InChI is InChI=1S/C17H19Cl2N3O3S2/c18-14-4-1-5-15(17(14)19)27(24,25)22-8-6-21(7-9-22)12-16(23)20-11-13-3-2-10-26-13/h1-5,10H,6-9,11-12H2,(H,20,23). The molecule has 1 fully saturated rings. The number of nitrogens with one attached hydrogen (secondary N) is 1. The number of benzene rings is 1. The number of hydrogen-bond acceptors (Lipinski definition) is 5. The van der Waals surface area contributed by atoms with Crippen LogP contribution in [0.1, 0.15) is 4.88 Å². The highest BCUT2D eigenvalue weighted by Gasteiger charge is 2.31.